The van der Waals surface area contributed by atoms with Crippen LogP contribution >= 0.6 is 24.0 Å². The van der Waals surface area contributed by atoms with E-state index in [1.54, 1.807) is 0 Å². The summed E-state index contributed by atoms with van der Waals surface area (Å²) in [5.74, 6) is 0.931. The molecule has 0 radical (unpaired) electrons. The summed E-state index contributed by atoms with van der Waals surface area (Å²) >= 11 is 0. The molecule has 0 aromatic carbocycles. The van der Waals surface area contributed by atoms with Crippen LogP contribution in [0.5, 0.6) is 0 Å². The summed E-state index contributed by atoms with van der Waals surface area (Å²) in [6.45, 7) is 8.35. The molecule has 0 bridgehead atoms. The monoisotopic (exact) mass is 396 g/mol. The number of morpholine rings is 1. The Kier molecular flexibility index (Phi) is 11.1. The first kappa shape index (κ1) is 19.7. The van der Waals surface area contributed by atoms with E-state index in [2.05, 4.69) is 40.8 Å². The fourth-order valence-electron chi connectivity index (χ4n) is 2.16. The van der Waals surface area contributed by atoms with Crippen LogP contribution in [0.15, 0.2) is 17.6 Å². The molecule has 5 nitrogen and oxygen atoms in total. The highest BCUT2D eigenvalue weighted by molar-refractivity contribution is 14.0. The second-order valence-corrected chi connectivity index (χ2v) is 5.04. The van der Waals surface area contributed by atoms with E-state index in [-0.39, 0.29) is 30.1 Å². The molecular formula is C14H29IN4O. The molecule has 118 valence electrons. The summed E-state index contributed by atoms with van der Waals surface area (Å²) in [6, 6.07) is 0. The SMILES string of the molecule is C=CCCCN(C)C(=NC)NCC1CN(C)CCO1.I. The number of ether oxygens (including phenoxy) is 1. The molecule has 1 atom stereocenters. The van der Waals surface area contributed by atoms with Gasteiger partial charge in [-0.2, -0.15) is 0 Å². The molecule has 0 aromatic rings. The van der Waals surface area contributed by atoms with Gasteiger partial charge in [0.05, 0.1) is 12.7 Å². The lowest BCUT2D eigenvalue weighted by Crippen LogP contribution is -2.48. The third-order valence-electron chi connectivity index (χ3n) is 3.30. The van der Waals surface area contributed by atoms with Crippen molar-refractivity contribution in [1.29, 1.82) is 0 Å². The van der Waals surface area contributed by atoms with E-state index in [0.29, 0.717) is 0 Å². The second-order valence-electron chi connectivity index (χ2n) is 5.04. The summed E-state index contributed by atoms with van der Waals surface area (Å²) in [5, 5.41) is 3.38. The van der Waals surface area contributed by atoms with Gasteiger partial charge in [-0.15, -0.1) is 30.6 Å². The molecule has 1 aliphatic rings. The average Bonchev–Trinajstić information content (AvgIpc) is 2.40. The Morgan fingerprint density at radius 1 is 1.60 bits per heavy atom. The Balaban J connectivity index is 0.00000361. The predicted octanol–water partition coefficient (Wildman–Crippen LogP) is 1.41. The van der Waals surface area contributed by atoms with Gasteiger partial charge in [0.2, 0.25) is 0 Å². The molecule has 0 saturated carbocycles. The van der Waals surface area contributed by atoms with Gasteiger partial charge in [-0.05, 0) is 19.9 Å². The number of allylic oxidation sites excluding steroid dienone is 1. The molecule has 0 aromatic heterocycles. The van der Waals surface area contributed by atoms with E-state index in [9.17, 15) is 0 Å². The lowest BCUT2D eigenvalue weighted by atomic mass is 10.3. The maximum atomic E-state index is 5.73. The van der Waals surface area contributed by atoms with Crippen LogP contribution < -0.4 is 5.32 Å². The van der Waals surface area contributed by atoms with Crippen molar-refractivity contribution >= 4 is 29.9 Å². The minimum absolute atomic E-state index is 0. The molecule has 1 saturated heterocycles. The standard InChI is InChI=1S/C14H28N4O.HI/c1-5-6-7-8-18(4)14(15-2)16-11-13-12-17(3)9-10-19-13;/h5,13H,1,6-12H2,2-4H3,(H,15,16);1H. The van der Waals surface area contributed by atoms with E-state index in [4.69, 9.17) is 4.74 Å². The van der Waals surface area contributed by atoms with E-state index < -0.39 is 0 Å². The maximum absolute atomic E-state index is 5.73. The normalized spacial score (nSPS) is 20.1. The number of rotatable bonds is 6. The van der Waals surface area contributed by atoms with Gasteiger partial charge in [0.25, 0.3) is 0 Å². The Labute approximate surface area is 140 Å². The summed E-state index contributed by atoms with van der Waals surface area (Å²) in [5.41, 5.74) is 0. The van der Waals surface area contributed by atoms with E-state index in [1.807, 2.05) is 13.1 Å². The smallest absolute Gasteiger partial charge is 0.193 e. The van der Waals surface area contributed by atoms with Crippen LogP contribution in [0, 0.1) is 0 Å². The molecule has 1 fully saturated rings. The molecule has 1 aliphatic heterocycles. The number of halogens is 1. The number of hydrogen-bond acceptors (Lipinski definition) is 3. The van der Waals surface area contributed by atoms with Gasteiger partial charge >= 0.3 is 0 Å². The molecule has 6 heteroatoms. The number of aliphatic imine (C=N–C) groups is 1. The Morgan fingerprint density at radius 2 is 2.35 bits per heavy atom. The van der Waals surface area contributed by atoms with Crippen molar-refractivity contribution < 1.29 is 4.74 Å². The number of guanidine groups is 1. The van der Waals surface area contributed by atoms with Gasteiger partial charge in [0.15, 0.2) is 5.96 Å². The largest absolute Gasteiger partial charge is 0.374 e. The fraction of sp³-hybridized carbons (Fsp3) is 0.786. The predicted molar refractivity (Wildman–Crippen MR) is 96.1 cm³/mol. The van der Waals surface area contributed by atoms with Crippen LogP contribution in [0.1, 0.15) is 12.8 Å². The number of hydrogen-bond donors (Lipinski definition) is 1. The van der Waals surface area contributed by atoms with Crippen molar-refractivity contribution in [2.45, 2.75) is 18.9 Å². The quantitative estimate of drug-likeness (QED) is 0.242. The first-order valence-corrected chi connectivity index (χ1v) is 7.00. The van der Waals surface area contributed by atoms with Gasteiger partial charge in [0, 0.05) is 40.3 Å². The molecule has 0 amide bonds. The molecule has 1 heterocycles. The summed E-state index contributed by atoms with van der Waals surface area (Å²) in [4.78, 5) is 8.75. The van der Waals surface area contributed by atoms with Gasteiger partial charge < -0.3 is 19.9 Å². The van der Waals surface area contributed by atoms with E-state index >= 15 is 0 Å². The van der Waals surface area contributed by atoms with Gasteiger partial charge in [-0.3, -0.25) is 4.99 Å². The number of nitrogens with zero attached hydrogens (tertiary/aromatic N) is 3. The van der Waals surface area contributed by atoms with E-state index in [1.165, 1.54) is 0 Å². The van der Waals surface area contributed by atoms with Crippen LogP contribution in [0.4, 0.5) is 0 Å². The molecule has 0 aliphatic carbocycles. The topological polar surface area (TPSA) is 40.1 Å². The molecule has 1 rings (SSSR count). The van der Waals surface area contributed by atoms with Crippen molar-refractivity contribution in [2.24, 2.45) is 4.99 Å². The minimum Gasteiger partial charge on any atom is -0.374 e. The van der Waals surface area contributed by atoms with Crippen molar-refractivity contribution in [3.63, 3.8) is 0 Å². The zero-order valence-corrected chi connectivity index (χ0v) is 15.3. The fourth-order valence-corrected chi connectivity index (χ4v) is 2.16. The lowest BCUT2D eigenvalue weighted by Gasteiger charge is -2.31. The van der Waals surface area contributed by atoms with Crippen molar-refractivity contribution in [2.75, 3.05) is 53.9 Å². The van der Waals surface area contributed by atoms with Gasteiger partial charge in [-0.1, -0.05) is 6.08 Å². The third kappa shape index (κ3) is 7.44. The van der Waals surface area contributed by atoms with Gasteiger partial charge in [-0.25, -0.2) is 0 Å². The molecular weight excluding hydrogens is 367 g/mol. The van der Waals surface area contributed by atoms with Crippen LogP contribution in [0.25, 0.3) is 0 Å². The zero-order valence-electron chi connectivity index (χ0n) is 13.0. The first-order chi connectivity index (χ1) is 9.17. The highest BCUT2D eigenvalue weighted by atomic mass is 127. The Hall–Kier alpha value is -0.340. The van der Waals surface area contributed by atoms with Gasteiger partial charge in [0.1, 0.15) is 0 Å². The molecule has 0 spiro atoms. The summed E-state index contributed by atoms with van der Waals surface area (Å²) in [7, 11) is 6.01. The van der Waals surface area contributed by atoms with Crippen LogP contribution in [-0.2, 0) is 4.74 Å². The molecule has 1 N–H and O–H groups in total. The lowest BCUT2D eigenvalue weighted by molar-refractivity contribution is -0.0163. The summed E-state index contributed by atoms with van der Waals surface area (Å²) in [6.07, 6.45) is 4.34. The number of nitrogens with one attached hydrogen (secondary N) is 1. The summed E-state index contributed by atoms with van der Waals surface area (Å²) < 4.78 is 5.73. The van der Waals surface area contributed by atoms with Crippen molar-refractivity contribution in [1.82, 2.24) is 15.1 Å². The number of unbranched alkanes of at least 4 members (excludes halogenated alkanes) is 1. The second kappa shape index (κ2) is 11.3. The van der Waals surface area contributed by atoms with Crippen LogP contribution in [0.2, 0.25) is 0 Å². The maximum Gasteiger partial charge on any atom is 0.193 e. The number of likely N-dealkylation sites (N-methyl/N-ethyl adjacent to an activating group) is 1. The highest BCUT2D eigenvalue weighted by Crippen LogP contribution is 2.02. The van der Waals surface area contributed by atoms with Crippen LogP contribution in [0.3, 0.4) is 0 Å². The Morgan fingerprint density at radius 3 is 2.95 bits per heavy atom. The highest BCUT2D eigenvalue weighted by Gasteiger charge is 2.18. The first-order valence-electron chi connectivity index (χ1n) is 7.00. The minimum atomic E-state index is 0. The molecule has 20 heavy (non-hydrogen) atoms. The molecule has 1 unspecified atom stereocenters. The Bertz CT molecular complexity index is 299. The van der Waals surface area contributed by atoms with Crippen molar-refractivity contribution in [3.05, 3.63) is 12.7 Å². The third-order valence-corrected chi connectivity index (χ3v) is 3.30. The zero-order chi connectivity index (χ0) is 14.1. The van der Waals surface area contributed by atoms with E-state index in [0.717, 1.165) is 51.6 Å². The average molecular weight is 396 g/mol. The van der Waals surface area contributed by atoms with Crippen LogP contribution in [-0.4, -0.2) is 75.8 Å². The van der Waals surface area contributed by atoms with Crippen molar-refractivity contribution in [3.8, 4) is 0 Å².